The number of nitrogens with zero attached hydrogens (tertiary/aromatic N) is 4. The summed E-state index contributed by atoms with van der Waals surface area (Å²) in [5.41, 5.74) is 3.50. The first-order chi connectivity index (χ1) is 9.79. The molecule has 2 heterocycles. The number of rotatable bonds is 3. The van der Waals surface area contributed by atoms with Crippen LogP contribution in [0.1, 0.15) is 37.4 Å². The Kier molecular flexibility index (Phi) is 3.67. The van der Waals surface area contributed by atoms with Crippen LogP contribution < -0.4 is 5.32 Å². The van der Waals surface area contributed by atoms with Crippen LogP contribution >= 0.6 is 0 Å². The van der Waals surface area contributed by atoms with E-state index < -0.39 is 0 Å². The highest BCUT2D eigenvalue weighted by Crippen LogP contribution is 2.27. The van der Waals surface area contributed by atoms with Gasteiger partial charge >= 0.3 is 0 Å². The zero-order valence-corrected chi connectivity index (χ0v) is 12.2. The second kappa shape index (κ2) is 5.61. The molecular weight excluding hydrogens is 250 g/mol. The standard InChI is InChI=1S/C15H21N5/c1-3-17-14-11-7-5-4-6-8-12(11)18-15(19-14)13-9-16-10-20(13)2/h9-10H,3-8H2,1-2H3,(H,17,18,19). The summed E-state index contributed by atoms with van der Waals surface area (Å²) in [6.07, 6.45) is 9.50. The van der Waals surface area contributed by atoms with Crippen LogP contribution in [0.2, 0.25) is 0 Å². The van der Waals surface area contributed by atoms with Crippen molar-refractivity contribution in [3.05, 3.63) is 23.8 Å². The zero-order chi connectivity index (χ0) is 13.9. The highest BCUT2D eigenvalue weighted by molar-refractivity contribution is 5.57. The fourth-order valence-corrected chi connectivity index (χ4v) is 2.77. The molecule has 2 aromatic heterocycles. The van der Waals surface area contributed by atoms with Crippen molar-refractivity contribution in [2.24, 2.45) is 7.05 Å². The molecule has 5 nitrogen and oxygen atoms in total. The molecule has 0 spiro atoms. The van der Waals surface area contributed by atoms with Gasteiger partial charge in [0.1, 0.15) is 11.5 Å². The molecule has 0 atom stereocenters. The molecule has 0 saturated heterocycles. The molecule has 0 aromatic carbocycles. The lowest BCUT2D eigenvalue weighted by Gasteiger charge is -2.14. The highest BCUT2D eigenvalue weighted by atomic mass is 15.1. The van der Waals surface area contributed by atoms with E-state index in [-0.39, 0.29) is 0 Å². The van der Waals surface area contributed by atoms with Gasteiger partial charge in [-0.1, -0.05) is 6.42 Å². The molecule has 1 aliphatic carbocycles. The Bertz CT molecular complexity index is 602. The summed E-state index contributed by atoms with van der Waals surface area (Å²) in [7, 11) is 1.98. The van der Waals surface area contributed by atoms with E-state index in [4.69, 9.17) is 9.97 Å². The van der Waals surface area contributed by atoms with Crippen LogP contribution in [0.3, 0.4) is 0 Å². The molecule has 0 radical (unpaired) electrons. The lowest BCUT2D eigenvalue weighted by atomic mass is 10.1. The Morgan fingerprint density at radius 3 is 2.80 bits per heavy atom. The van der Waals surface area contributed by atoms with Crippen molar-refractivity contribution < 1.29 is 0 Å². The van der Waals surface area contributed by atoms with E-state index in [1.54, 1.807) is 6.33 Å². The third kappa shape index (κ3) is 2.40. The molecule has 1 aliphatic rings. The van der Waals surface area contributed by atoms with E-state index in [1.165, 1.54) is 30.5 Å². The van der Waals surface area contributed by atoms with Gasteiger partial charge in [0.2, 0.25) is 0 Å². The third-order valence-electron chi connectivity index (χ3n) is 3.82. The van der Waals surface area contributed by atoms with Crippen molar-refractivity contribution in [3.63, 3.8) is 0 Å². The van der Waals surface area contributed by atoms with Crippen LogP contribution in [-0.4, -0.2) is 26.1 Å². The maximum absolute atomic E-state index is 4.81. The number of anilines is 1. The lowest BCUT2D eigenvalue weighted by Crippen LogP contribution is -2.10. The number of hydrogen-bond acceptors (Lipinski definition) is 4. The topological polar surface area (TPSA) is 55.6 Å². The van der Waals surface area contributed by atoms with Crippen LogP contribution in [0.25, 0.3) is 11.5 Å². The molecule has 0 bridgehead atoms. The average Bonchev–Trinajstić information content (AvgIpc) is 2.73. The number of imidazole rings is 1. The fraction of sp³-hybridized carbons (Fsp3) is 0.533. The first-order valence-corrected chi connectivity index (χ1v) is 7.40. The SMILES string of the molecule is CCNc1nc(-c2cncn2C)nc2c1CCCCC2. The fourth-order valence-electron chi connectivity index (χ4n) is 2.77. The van der Waals surface area contributed by atoms with E-state index >= 15 is 0 Å². The Balaban J connectivity index is 2.11. The van der Waals surface area contributed by atoms with Gasteiger partial charge in [0.05, 0.1) is 12.5 Å². The summed E-state index contributed by atoms with van der Waals surface area (Å²) >= 11 is 0. The summed E-state index contributed by atoms with van der Waals surface area (Å²) < 4.78 is 1.97. The van der Waals surface area contributed by atoms with Crippen LogP contribution in [0, 0.1) is 0 Å². The van der Waals surface area contributed by atoms with E-state index in [2.05, 4.69) is 17.2 Å². The van der Waals surface area contributed by atoms with Gasteiger partial charge in [0, 0.05) is 24.8 Å². The maximum Gasteiger partial charge on any atom is 0.180 e. The van der Waals surface area contributed by atoms with Gasteiger partial charge in [-0.05, 0) is 32.6 Å². The summed E-state index contributed by atoms with van der Waals surface area (Å²) in [4.78, 5) is 13.7. The maximum atomic E-state index is 4.81. The van der Waals surface area contributed by atoms with E-state index in [9.17, 15) is 0 Å². The molecule has 5 heteroatoms. The minimum atomic E-state index is 0.779. The minimum Gasteiger partial charge on any atom is -0.370 e. The molecule has 0 saturated carbocycles. The first-order valence-electron chi connectivity index (χ1n) is 7.40. The van der Waals surface area contributed by atoms with Crippen molar-refractivity contribution in [1.29, 1.82) is 0 Å². The van der Waals surface area contributed by atoms with Crippen LogP contribution in [0.15, 0.2) is 12.5 Å². The summed E-state index contributed by atoms with van der Waals surface area (Å²) in [5, 5.41) is 3.40. The number of fused-ring (bicyclic) bond motifs is 1. The van der Waals surface area contributed by atoms with Gasteiger partial charge in [0.15, 0.2) is 5.82 Å². The number of aryl methyl sites for hydroxylation is 2. The van der Waals surface area contributed by atoms with Crippen LogP contribution in [0.5, 0.6) is 0 Å². The van der Waals surface area contributed by atoms with Crippen molar-refractivity contribution in [2.45, 2.75) is 39.0 Å². The van der Waals surface area contributed by atoms with Gasteiger partial charge in [-0.25, -0.2) is 15.0 Å². The van der Waals surface area contributed by atoms with Gasteiger partial charge in [0.25, 0.3) is 0 Å². The van der Waals surface area contributed by atoms with E-state index in [1.807, 2.05) is 17.8 Å². The predicted octanol–water partition coefficient (Wildman–Crippen LogP) is 2.58. The van der Waals surface area contributed by atoms with Crippen molar-refractivity contribution in [3.8, 4) is 11.5 Å². The van der Waals surface area contributed by atoms with Gasteiger partial charge in [-0.15, -0.1) is 0 Å². The quantitative estimate of drug-likeness (QED) is 0.872. The second-order valence-corrected chi connectivity index (χ2v) is 5.30. The molecule has 0 fully saturated rings. The predicted molar refractivity (Wildman–Crippen MR) is 79.7 cm³/mol. The molecule has 20 heavy (non-hydrogen) atoms. The molecule has 0 aliphatic heterocycles. The molecular formula is C15H21N5. The van der Waals surface area contributed by atoms with Gasteiger partial charge < -0.3 is 9.88 Å². The molecule has 0 unspecified atom stereocenters. The average molecular weight is 271 g/mol. The highest BCUT2D eigenvalue weighted by Gasteiger charge is 2.18. The van der Waals surface area contributed by atoms with Crippen LogP contribution in [0.4, 0.5) is 5.82 Å². The Labute approximate surface area is 119 Å². The van der Waals surface area contributed by atoms with Crippen molar-refractivity contribution in [1.82, 2.24) is 19.5 Å². The smallest absolute Gasteiger partial charge is 0.180 e. The molecule has 1 N–H and O–H groups in total. The first kappa shape index (κ1) is 13.1. The molecule has 0 amide bonds. The summed E-state index contributed by atoms with van der Waals surface area (Å²) in [6.45, 7) is 2.99. The number of hydrogen-bond donors (Lipinski definition) is 1. The monoisotopic (exact) mass is 271 g/mol. The van der Waals surface area contributed by atoms with Crippen molar-refractivity contribution >= 4 is 5.82 Å². The van der Waals surface area contributed by atoms with Gasteiger partial charge in [-0.2, -0.15) is 0 Å². The zero-order valence-electron chi connectivity index (χ0n) is 12.2. The van der Waals surface area contributed by atoms with Gasteiger partial charge in [-0.3, -0.25) is 0 Å². The largest absolute Gasteiger partial charge is 0.370 e. The Morgan fingerprint density at radius 2 is 2.05 bits per heavy atom. The molecule has 3 rings (SSSR count). The molecule has 106 valence electrons. The Morgan fingerprint density at radius 1 is 1.20 bits per heavy atom. The minimum absolute atomic E-state index is 0.779. The Hall–Kier alpha value is -1.91. The summed E-state index contributed by atoms with van der Waals surface area (Å²) in [6, 6.07) is 0. The van der Waals surface area contributed by atoms with Crippen LogP contribution in [-0.2, 0) is 19.9 Å². The molecule has 2 aromatic rings. The van der Waals surface area contributed by atoms with E-state index in [0.717, 1.165) is 36.7 Å². The van der Waals surface area contributed by atoms with Crippen molar-refractivity contribution in [2.75, 3.05) is 11.9 Å². The number of aromatic nitrogens is 4. The summed E-state index contributed by atoms with van der Waals surface area (Å²) in [5.74, 6) is 1.79. The normalized spacial score (nSPS) is 14.7. The second-order valence-electron chi connectivity index (χ2n) is 5.30. The third-order valence-corrected chi connectivity index (χ3v) is 3.82. The van der Waals surface area contributed by atoms with E-state index in [0.29, 0.717) is 0 Å². The number of nitrogens with one attached hydrogen (secondary N) is 1. The lowest BCUT2D eigenvalue weighted by molar-refractivity contribution is 0.709.